The smallest absolute Gasteiger partial charge is 0.330 e. The van der Waals surface area contributed by atoms with Gasteiger partial charge in [0.15, 0.2) is 0 Å². The first kappa shape index (κ1) is 12.6. The van der Waals surface area contributed by atoms with E-state index in [2.05, 4.69) is 5.10 Å². The van der Waals surface area contributed by atoms with Crippen LogP contribution >= 0.6 is 0 Å². The Labute approximate surface area is 105 Å². The van der Waals surface area contributed by atoms with Gasteiger partial charge in [-0.3, -0.25) is 5.01 Å². The number of hydrazone groups is 1. The fourth-order valence-corrected chi connectivity index (χ4v) is 1.95. The van der Waals surface area contributed by atoms with Crippen LogP contribution in [0, 0.1) is 0 Å². The lowest BCUT2D eigenvalue weighted by molar-refractivity contribution is -0.145. The molecule has 0 aliphatic carbocycles. The molecule has 0 spiro atoms. The number of carbonyl (C=O) groups is 1. The second kappa shape index (κ2) is 5.68. The summed E-state index contributed by atoms with van der Waals surface area (Å²) >= 11 is 0. The van der Waals surface area contributed by atoms with Crippen molar-refractivity contribution in [2.45, 2.75) is 25.5 Å². The molecule has 1 atom stereocenters. The van der Waals surface area contributed by atoms with Crippen molar-refractivity contribution in [3.63, 3.8) is 0 Å². The zero-order valence-corrected chi connectivity index (χ0v) is 10.2. The van der Waals surface area contributed by atoms with E-state index in [0.29, 0.717) is 11.5 Å². The predicted octanol–water partition coefficient (Wildman–Crippen LogP) is 0.743. The van der Waals surface area contributed by atoms with Crippen molar-refractivity contribution in [3.8, 4) is 0 Å². The molecule has 0 amide bonds. The van der Waals surface area contributed by atoms with Crippen molar-refractivity contribution in [1.29, 1.82) is 0 Å². The van der Waals surface area contributed by atoms with Crippen molar-refractivity contribution in [2.75, 3.05) is 13.7 Å². The minimum Gasteiger partial charge on any atom is -0.467 e. The summed E-state index contributed by atoms with van der Waals surface area (Å²) in [6, 6.07) is 3.10. The highest BCUT2D eigenvalue weighted by atomic mass is 16.5. The van der Waals surface area contributed by atoms with Crippen LogP contribution in [0.3, 0.4) is 0 Å². The molecule has 0 unspecified atom stereocenters. The average molecular weight is 252 g/mol. The average Bonchev–Trinajstić information content (AvgIpc) is 3.03. The number of ether oxygens (including phenoxy) is 1. The number of hydrogen-bond donors (Lipinski definition) is 1. The van der Waals surface area contributed by atoms with Gasteiger partial charge in [0.1, 0.15) is 24.2 Å². The third-order valence-corrected chi connectivity index (χ3v) is 2.87. The van der Waals surface area contributed by atoms with Crippen molar-refractivity contribution >= 4 is 12.2 Å². The molecule has 0 saturated carbocycles. The number of esters is 1. The molecule has 1 aromatic heterocycles. The predicted molar refractivity (Wildman–Crippen MR) is 64.0 cm³/mol. The number of nitrogens with zero attached hydrogens (tertiary/aromatic N) is 2. The van der Waals surface area contributed by atoms with Gasteiger partial charge in [-0.1, -0.05) is 0 Å². The zero-order valence-electron chi connectivity index (χ0n) is 10.2. The summed E-state index contributed by atoms with van der Waals surface area (Å²) in [7, 11) is 1.38. The normalized spacial score (nSPS) is 19.7. The minimum absolute atomic E-state index is 0.137. The molecule has 0 bridgehead atoms. The van der Waals surface area contributed by atoms with Crippen molar-refractivity contribution in [3.05, 3.63) is 23.7 Å². The van der Waals surface area contributed by atoms with Crippen LogP contribution in [0.25, 0.3) is 0 Å². The van der Waals surface area contributed by atoms with Gasteiger partial charge >= 0.3 is 5.97 Å². The van der Waals surface area contributed by atoms with Gasteiger partial charge < -0.3 is 14.3 Å². The highest BCUT2D eigenvalue weighted by Crippen LogP contribution is 2.18. The standard InChI is InChI=1S/C12H16N2O4/c1-17-12(16)11-3-2-6-14(11)13-7-9-4-5-10(8-15)18-9/h4-5,7,11,15H,2-3,6,8H2,1H3/t11-/m0/s1. The van der Waals surface area contributed by atoms with E-state index in [9.17, 15) is 4.79 Å². The maximum absolute atomic E-state index is 11.5. The number of rotatable bonds is 4. The van der Waals surface area contributed by atoms with Crippen LogP contribution in [-0.2, 0) is 16.1 Å². The van der Waals surface area contributed by atoms with Crippen LogP contribution in [0.2, 0.25) is 0 Å². The van der Waals surface area contributed by atoms with E-state index in [4.69, 9.17) is 14.3 Å². The molecule has 0 aromatic carbocycles. The third kappa shape index (κ3) is 2.70. The van der Waals surface area contributed by atoms with E-state index in [1.165, 1.54) is 7.11 Å². The molecule has 18 heavy (non-hydrogen) atoms. The molecule has 1 aliphatic rings. The summed E-state index contributed by atoms with van der Waals surface area (Å²) < 4.78 is 10.00. The third-order valence-electron chi connectivity index (χ3n) is 2.87. The summed E-state index contributed by atoms with van der Waals surface area (Å²) in [6.45, 7) is 0.589. The first-order valence-electron chi connectivity index (χ1n) is 5.82. The molecule has 98 valence electrons. The number of carbonyl (C=O) groups excluding carboxylic acids is 1. The lowest BCUT2D eigenvalue weighted by atomic mass is 10.2. The van der Waals surface area contributed by atoms with E-state index < -0.39 is 0 Å². The van der Waals surface area contributed by atoms with Crippen molar-refractivity contribution in [1.82, 2.24) is 5.01 Å². The molecule has 2 heterocycles. The van der Waals surface area contributed by atoms with E-state index >= 15 is 0 Å². The van der Waals surface area contributed by atoms with Crippen LogP contribution in [0.15, 0.2) is 21.7 Å². The molecular formula is C12H16N2O4. The molecule has 1 aromatic rings. The number of furan rings is 1. The number of aliphatic hydroxyl groups excluding tert-OH is 1. The number of methoxy groups -OCH3 is 1. The maximum atomic E-state index is 11.5. The Morgan fingerprint density at radius 2 is 2.56 bits per heavy atom. The summed E-state index contributed by atoms with van der Waals surface area (Å²) in [5, 5.41) is 14.8. The van der Waals surface area contributed by atoms with Gasteiger partial charge in [0.25, 0.3) is 0 Å². The molecule has 1 aliphatic heterocycles. The van der Waals surface area contributed by atoms with E-state index in [0.717, 1.165) is 19.4 Å². The first-order valence-corrected chi connectivity index (χ1v) is 5.82. The second-order valence-corrected chi connectivity index (χ2v) is 4.05. The van der Waals surface area contributed by atoms with Crippen molar-refractivity contribution < 1.29 is 19.1 Å². The van der Waals surface area contributed by atoms with E-state index in [1.54, 1.807) is 23.4 Å². The van der Waals surface area contributed by atoms with Crippen LogP contribution in [0.4, 0.5) is 0 Å². The Balaban J connectivity index is 2.01. The quantitative estimate of drug-likeness (QED) is 0.632. The topological polar surface area (TPSA) is 75.3 Å². The highest BCUT2D eigenvalue weighted by Gasteiger charge is 2.30. The lowest BCUT2D eigenvalue weighted by Crippen LogP contribution is -2.33. The lowest BCUT2D eigenvalue weighted by Gasteiger charge is -2.18. The van der Waals surface area contributed by atoms with Gasteiger partial charge in [0.2, 0.25) is 0 Å². The van der Waals surface area contributed by atoms with Crippen LogP contribution in [0.1, 0.15) is 24.4 Å². The summed E-state index contributed by atoms with van der Waals surface area (Å²) in [6.07, 6.45) is 3.21. The Bertz CT molecular complexity index is 441. The van der Waals surface area contributed by atoms with Crippen LogP contribution in [0.5, 0.6) is 0 Å². The number of hydrogen-bond acceptors (Lipinski definition) is 6. The van der Waals surface area contributed by atoms with Crippen molar-refractivity contribution in [2.24, 2.45) is 5.10 Å². The summed E-state index contributed by atoms with van der Waals surface area (Å²) in [4.78, 5) is 11.5. The first-order chi connectivity index (χ1) is 8.74. The fourth-order valence-electron chi connectivity index (χ4n) is 1.95. The largest absolute Gasteiger partial charge is 0.467 e. The molecule has 6 nitrogen and oxygen atoms in total. The SMILES string of the molecule is COC(=O)[C@@H]1CCCN1N=Cc1ccc(CO)o1. The molecule has 0 radical (unpaired) electrons. The molecule has 2 rings (SSSR count). The van der Waals surface area contributed by atoms with Crippen LogP contribution < -0.4 is 0 Å². The van der Waals surface area contributed by atoms with Gasteiger partial charge in [-0.15, -0.1) is 0 Å². The zero-order chi connectivity index (χ0) is 13.0. The molecule has 6 heteroatoms. The Hall–Kier alpha value is -1.82. The summed E-state index contributed by atoms with van der Waals surface area (Å²) in [5.74, 6) is 0.775. The van der Waals surface area contributed by atoms with Crippen LogP contribution in [-0.4, -0.2) is 42.0 Å². The highest BCUT2D eigenvalue weighted by molar-refractivity contribution is 5.78. The molecular weight excluding hydrogens is 236 g/mol. The summed E-state index contributed by atoms with van der Waals surface area (Å²) in [5.41, 5.74) is 0. The number of aliphatic hydroxyl groups is 1. The molecule has 1 N–H and O–H groups in total. The monoisotopic (exact) mass is 252 g/mol. The van der Waals surface area contributed by atoms with E-state index in [-0.39, 0.29) is 18.6 Å². The Kier molecular flexibility index (Phi) is 3.99. The van der Waals surface area contributed by atoms with Gasteiger partial charge in [0.05, 0.1) is 13.3 Å². The Morgan fingerprint density at radius 1 is 1.72 bits per heavy atom. The second-order valence-electron chi connectivity index (χ2n) is 4.05. The molecule has 1 saturated heterocycles. The van der Waals surface area contributed by atoms with Gasteiger partial charge in [-0.25, -0.2) is 4.79 Å². The minimum atomic E-state index is -0.307. The van der Waals surface area contributed by atoms with Gasteiger partial charge in [-0.2, -0.15) is 5.10 Å². The van der Waals surface area contributed by atoms with E-state index in [1.807, 2.05) is 0 Å². The van der Waals surface area contributed by atoms with Gasteiger partial charge in [-0.05, 0) is 25.0 Å². The Morgan fingerprint density at radius 3 is 3.22 bits per heavy atom. The molecule has 1 fully saturated rings. The fraction of sp³-hybridized carbons (Fsp3) is 0.500. The van der Waals surface area contributed by atoms with Gasteiger partial charge in [0, 0.05) is 6.54 Å². The maximum Gasteiger partial charge on any atom is 0.330 e.